The van der Waals surface area contributed by atoms with E-state index in [1.807, 2.05) is 24.3 Å². The highest BCUT2D eigenvalue weighted by Crippen LogP contribution is 2.50. The summed E-state index contributed by atoms with van der Waals surface area (Å²) in [6, 6.07) is 17.6. The third kappa shape index (κ3) is 4.31. The fourth-order valence-electron chi connectivity index (χ4n) is 5.35. The van der Waals surface area contributed by atoms with Crippen LogP contribution in [0.15, 0.2) is 63.6 Å². The van der Waals surface area contributed by atoms with Gasteiger partial charge in [0.15, 0.2) is 0 Å². The second-order valence-corrected chi connectivity index (χ2v) is 10.5. The van der Waals surface area contributed by atoms with Crippen LogP contribution in [0.5, 0.6) is 5.88 Å². The lowest BCUT2D eigenvalue weighted by molar-refractivity contribution is -0.127. The van der Waals surface area contributed by atoms with E-state index in [1.165, 1.54) is 11.6 Å². The molecular weight excluding hydrogens is 456 g/mol. The monoisotopic (exact) mass is 488 g/mol. The number of benzene rings is 2. The zero-order valence-corrected chi connectivity index (χ0v) is 21.1. The number of hydrogen-bond donors (Lipinski definition) is 2. The first-order chi connectivity index (χ1) is 17.2. The van der Waals surface area contributed by atoms with Crippen LogP contribution in [0.3, 0.4) is 0 Å². The molecule has 0 bridgehead atoms. The number of hydrogen-bond acceptors (Lipinski definition) is 8. The molecule has 1 aliphatic heterocycles. The molecule has 8 nitrogen and oxygen atoms in total. The Labute approximate surface area is 210 Å². The van der Waals surface area contributed by atoms with E-state index >= 15 is 0 Å². The smallest absolute Gasteiger partial charge is 0.251 e. The molecule has 1 atom stereocenters. The van der Waals surface area contributed by atoms with E-state index in [9.17, 15) is 10.2 Å². The van der Waals surface area contributed by atoms with Gasteiger partial charge in [-0.3, -0.25) is 0 Å². The van der Waals surface area contributed by atoms with Crippen molar-refractivity contribution in [2.24, 2.45) is 5.41 Å². The van der Waals surface area contributed by atoms with Crippen molar-refractivity contribution in [3.63, 3.8) is 0 Å². The Morgan fingerprint density at radius 1 is 1.00 bits per heavy atom. The number of rotatable bonds is 8. The second-order valence-electron chi connectivity index (χ2n) is 10.5. The summed E-state index contributed by atoms with van der Waals surface area (Å²) in [6.07, 6.45) is 0.936. The molecule has 2 N–H and O–H groups in total. The van der Waals surface area contributed by atoms with Crippen LogP contribution in [-0.4, -0.2) is 50.5 Å². The topological polar surface area (TPSA) is 109 Å². The standard InChI is InChI=1S/C28H32N4O4/c1-18(2)19-8-10-21(11-9-19)28(34,27(3)16-32(4)17-27)22-7-5-6-20(14-22)26-29-25(36-31-26)13-12-23-15-24(33)30-35-23/h5-11,14-15,18,34H,12-13,16-17H2,1-4H3,(H,30,33)/t28-/m1/s1. The van der Waals surface area contributed by atoms with Gasteiger partial charge in [-0.1, -0.05) is 68.4 Å². The minimum Gasteiger partial charge on any atom is -0.491 e. The predicted molar refractivity (Wildman–Crippen MR) is 134 cm³/mol. The van der Waals surface area contributed by atoms with Gasteiger partial charge in [-0.05, 0) is 40.9 Å². The van der Waals surface area contributed by atoms with Crippen molar-refractivity contribution in [1.82, 2.24) is 20.2 Å². The Balaban J connectivity index is 1.46. The van der Waals surface area contributed by atoms with Gasteiger partial charge in [-0.25, -0.2) is 0 Å². The molecule has 0 spiro atoms. The van der Waals surface area contributed by atoms with Gasteiger partial charge in [0.05, 0.1) is 0 Å². The highest BCUT2D eigenvalue weighted by atomic mass is 16.5. The molecule has 0 aliphatic carbocycles. The predicted octanol–water partition coefficient (Wildman–Crippen LogP) is 4.53. The average Bonchev–Trinajstić information content (AvgIpc) is 3.50. The lowest BCUT2D eigenvalue weighted by Gasteiger charge is -2.56. The quantitative estimate of drug-likeness (QED) is 0.372. The molecule has 188 valence electrons. The van der Waals surface area contributed by atoms with Crippen molar-refractivity contribution in [3.05, 3.63) is 82.9 Å². The van der Waals surface area contributed by atoms with Crippen LogP contribution in [0.4, 0.5) is 0 Å². The van der Waals surface area contributed by atoms with Crippen LogP contribution in [0.25, 0.3) is 11.4 Å². The third-order valence-corrected chi connectivity index (χ3v) is 7.24. The van der Waals surface area contributed by atoms with Gasteiger partial charge < -0.3 is 24.2 Å². The van der Waals surface area contributed by atoms with Crippen LogP contribution in [0.1, 0.15) is 55.0 Å². The van der Waals surface area contributed by atoms with E-state index in [2.05, 4.69) is 72.3 Å². The first-order valence-corrected chi connectivity index (χ1v) is 12.3. The highest BCUT2D eigenvalue weighted by molar-refractivity contribution is 5.57. The Kier molecular flexibility index (Phi) is 6.18. The molecule has 0 radical (unpaired) electrons. The summed E-state index contributed by atoms with van der Waals surface area (Å²) in [5, 5.41) is 29.4. The lowest BCUT2D eigenvalue weighted by Crippen LogP contribution is -2.63. The molecule has 36 heavy (non-hydrogen) atoms. The molecule has 1 aliphatic rings. The van der Waals surface area contributed by atoms with Crippen LogP contribution in [0.2, 0.25) is 0 Å². The molecule has 2 aromatic carbocycles. The van der Waals surface area contributed by atoms with Gasteiger partial charge in [0, 0.05) is 43.0 Å². The summed E-state index contributed by atoms with van der Waals surface area (Å²) in [4.78, 5) is 6.76. The van der Waals surface area contributed by atoms with Gasteiger partial charge in [0.25, 0.3) is 5.88 Å². The zero-order chi connectivity index (χ0) is 25.5. The van der Waals surface area contributed by atoms with Crippen molar-refractivity contribution in [3.8, 4) is 17.3 Å². The van der Waals surface area contributed by atoms with Crippen molar-refractivity contribution in [2.45, 2.75) is 45.1 Å². The van der Waals surface area contributed by atoms with Gasteiger partial charge >= 0.3 is 0 Å². The molecule has 4 aromatic rings. The van der Waals surface area contributed by atoms with Crippen LogP contribution in [-0.2, 0) is 18.4 Å². The number of aliphatic hydroxyl groups is 1. The fourth-order valence-corrected chi connectivity index (χ4v) is 5.35. The van der Waals surface area contributed by atoms with Gasteiger partial charge in [-0.2, -0.15) is 4.98 Å². The first-order valence-electron chi connectivity index (χ1n) is 12.3. The Bertz CT molecular complexity index is 1340. The molecule has 0 amide bonds. The summed E-state index contributed by atoms with van der Waals surface area (Å²) in [5.41, 5.74) is 2.15. The third-order valence-electron chi connectivity index (χ3n) is 7.24. The molecule has 8 heteroatoms. The number of aromatic nitrogens is 3. The minimum absolute atomic E-state index is 0.147. The molecule has 0 saturated carbocycles. The Morgan fingerprint density at radius 3 is 2.39 bits per heavy atom. The maximum atomic E-state index is 12.4. The Hall–Kier alpha value is -3.49. The van der Waals surface area contributed by atoms with Gasteiger partial charge in [-0.15, -0.1) is 0 Å². The zero-order valence-electron chi connectivity index (χ0n) is 21.1. The summed E-state index contributed by atoms with van der Waals surface area (Å²) in [7, 11) is 2.07. The SMILES string of the molecule is CC(C)c1ccc([C@@](O)(c2cccc(-c3noc(CCc4cc(O)no4)n3)c2)C2(C)CN(C)C2)cc1. The summed E-state index contributed by atoms with van der Waals surface area (Å²) in [6.45, 7) is 8.04. The maximum Gasteiger partial charge on any atom is 0.251 e. The largest absolute Gasteiger partial charge is 0.491 e. The van der Waals surface area contributed by atoms with Gasteiger partial charge in [0.1, 0.15) is 11.4 Å². The first kappa shape index (κ1) is 24.2. The van der Waals surface area contributed by atoms with Gasteiger partial charge in [0.2, 0.25) is 11.7 Å². The maximum absolute atomic E-state index is 12.4. The number of likely N-dealkylation sites (tertiary alicyclic amines) is 1. The highest BCUT2D eigenvalue weighted by Gasteiger charge is 2.55. The molecule has 0 unspecified atom stereocenters. The van der Waals surface area contributed by atoms with E-state index < -0.39 is 5.60 Å². The number of aromatic hydroxyl groups is 1. The van der Waals surface area contributed by atoms with Crippen LogP contribution in [0, 0.1) is 5.41 Å². The van der Waals surface area contributed by atoms with Crippen LogP contribution < -0.4 is 0 Å². The van der Waals surface area contributed by atoms with E-state index in [0.29, 0.717) is 36.2 Å². The minimum atomic E-state index is -1.19. The Morgan fingerprint density at radius 2 is 1.75 bits per heavy atom. The summed E-state index contributed by atoms with van der Waals surface area (Å²) in [5.74, 6) is 1.73. The van der Waals surface area contributed by atoms with E-state index in [0.717, 1.165) is 29.8 Å². The number of nitrogens with zero attached hydrogens (tertiary/aromatic N) is 4. The van der Waals surface area contributed by atoms with Crippen molar-refractivity contribution >= 4 is 0 Å². The molecule has 5 rings (SSSR count). The molecule has 2 aromatic heterocycles. The molecule has 1 saturated heterocycles. The van der Waals surface area contributed by atoms with Crippen molar-refractivity contribution in [2.75, 3.05) is 20.1 Å². The summed E-state index contributed by atoms with van der Waals surface area (Å²) >= 11 is 0. The van der Waals surface area contributed by atoms with E-state index in [-0.39, 0.29) is 11.3 Å². The van der Waals surface area contributed by atoms with Crippen molar-refractivity contribution in [1.29, 1.82) is 0 Å². The van der Waals surface area contributed by atoms with Crippen LogP contribution >= 0.6 is 0 Å². The molecule has 3 heterocycles. The normalized spacial score (nSPS) is 17.2. The second kappa shape index (κ2) is 9.19. The lowest BCUT2D eigenvalue weighted by atomic mass is 9.62. The molecular formula is C28H32N4O4. The fraction of sp³-hybridized carbons (Fsp3) is 0.393. The average molecular weight is 489 g/mol. The van der Waals surface area contributed by atoms with E-state index in [1.54, 1.807) is 0 Å². The van der Waals surface area contributed by atoms with E-state index in [4.69, 9.17) is 9.05 Å². The summed E-state index contributed by atoms with van der Waals surface area (Å²) < 4.78 is 10.5. The van der Waals surface area contributed by atoms with Crippen molar-refractivity contribution < 1.29 is 19.3 Å². The molecule has 1 fully saturated rings. The number of aryl methyl sites for hydroxylation is 2.